The molecule has 0 spiro atoms. The highest BCUT2D eigenvalue weighted by molar-refractivity contribution is 5.58. The normalized spacial score (nSPS) is 12.3. The Bertz CT molecular complexity index is 730. The minimum atomic E-state index is -0.446. The Hall–Kier alpha value is -2.36. The van der Waals surface area contributed by atoms with E-state index in [9.17, 15) is 5.11 Å². The molecule has 1 atom stereocenters. The Morgan fingerprint density at radius 1 is 0.913 bits per heavy atom. The molecule has 1 heterocycles. The van der Waals surface area contributed by atoms with Gasteiger partial charge in [0.25, 0.3) is 0 Å². The first-order valence-electron chi connectivity index (χ1n) is 7.84. The molecule has 0 fully saturated rings. The standard InChI is InChI=1S/C20H21NO2/c1-15(22)17-7-9-18(10-8-17)20-12-11-19(23-20)14-21-13-16-5-3-2-4-6-16/h2-12,15,21-22H,13-14H2,1H3/t15-/m0/s1. The molecule has 2 N–H and O–H groups in total. The zero-order chi connectivity index (χ0) is 16.1. The van der Waals surface area contributed by atoms with Crippen LogP contribution in [0.15, 0.2) is 71.1 Å². The van der Waals surface area contributed by atoms with Gasteiger partial charge < -0.3 is 14.8 Å². The maximum absolute atomic E-state index is 9.55. The average Bonchev–Trinajstić information content (AvgIpc) is 3.05. The molecular formula is C20H21NO2. The molecule has 0 aliphatic carbocycles. The van der Waals surface area contributed by atoms with Gasteiger partial charge in [0.2, 0.25) is 0 Å². The second-order valence-electron chi connectivity index (χ2n) is 5.65. The van der Waals surface area contributed by atoms with E-state index in [1.54, 1.807) is 6.92 Å². The molecule has 3 nitrogen and oxygen atoms in total. The van der Waals surface area contributed by atoms with Crippen LogP contribution in [0, 0.1) is 0 Å². The largest absolute Gasteiger partial charge is 0.460 e. The summed E-state index contributed by atoms with van der Waals surface area (Å²) < 4.78 is 5.88. The van der Waals surface area contributed by atoms with Crippen molar-refractivity contribution in [3.8, 4) is 11.3 Å². The highest BCUT2D eigenvalue weighted by Gasteiger charge is 2.06. The van der Waals surface area contributed by atoms with Crippen LogP contribution in [0.1, 0.15) is 29.9 Å². The van der Waals surface area contributed by atoms with Gasteiger partial charge in [-0.05, 0) is 30.2 Å². The topological polar surface area (TPSA) is 45.4 Å². The quantitative estimate of drug-likeness (QED) is 0.714. The van der Waals surface area contributed by atoms with Gasteiger partial charge in [-0.1, -0.05) is 54.6 Å². The van der Waals surface area contributed by atoms with E-state index < -0.39 is 6.10 Å². The Morgan fingerprint density at radius 2 is 1.65 bits per heavy atom. The molecular weight excluding hydrogens is 286 g/mol. The van der Waals surface area contributed by atoms with Crippen molar-refractivity contribution in [3.05, 3.63) is 83.6 Å². The van der Waals surface area contributed by atoms with Gasteiger partial charge in [0.1, 0.15) is 11.5 Å². The summed E-state index contributed by atoms with van der Waals surface area (Å²) in [5, 5.41) is 12.9. The Morgan fingerprint density at radius 3 is 2.35 bits per heavy atom. The van der Waals surface area contributed by atoms with Gasteiger partial charge in [0, 0.05) is 12.1 Å². The smallest absolute Gasteiger partial charge is 0.134 e. The molecule has 3 heteroatoms. The summed E-state index contributed by atoms with van der Waals surface area (Å²) in [4.78, 5) is 0. The zero-order valence-corrected chi connectivity index (χ0v) is 13.2. The lowest BCUT2D eigenvalue weighted by atomic mass is 10.1. The van der Waals surface area contributed by atoms with Gasteiger partial charge in [0.15, 0.2) is 0 Å². The molecule has 0 aliphatic rings. The number of rotatable bonds is 6. The van der Waals surface area contributed by atoms with Crippen LogP contribution in [0.2, 0.25) is 0 Å². The van der Waals surface area contributed by atoms with Crippen molar-refractivity contribution in [1.29, 1.82) is 0 Å². The van der Waals surface area contributed by atoms with Crippen LogP contribution in [0.4, 0.5) is 0 Å². The summed E-state index contributed by atoms with van der Waals surface area (Å²) in [6.07, 6.45) is -0.446. The van der Waals surface area contributed by atoms with E-state index in [1.807, 2.05) is 54.6 Å². The van der Waals surface area contributed by atoms with E-state index in [0.717, 1.165) is 29.2 Å². The maximum Gasteiger partial charge on any atom is 0.134 e. The van der Waals surface area contributed by atoms with E-state index >= 15 is 0 Å². The number of hydrogen-bond donors (Lipinski definition) is 2. The summed E-state index contributed by atoms with van der Waals surface area (Å²) in [7, 11) is 0. The van der Waals surface area contributed by atoms with Crippen LogP contribution >= 0.6 is 0 Å². The second kappa shape index (κ2) is 7.27. The third kappa shape index (κ3) is 4.09. The predicted molar refractivity (Wildman–Crippen MR) is 91.8 cm³/mol. The Kier molecular flexibility index (Phi) is 4.91. The van der Waals surface area contributed by atoms with Gasteiger partial charge in [-0.25, -0.2) is 0 Å². The molecule has 0 unspecified atom stereocenters. The minimum absolute atomic E-state index is 0.446. The van der Waals surface area contributed by atoms with E-state index in [0.29, 0.717) is 6.54 Å². The fourth-order valence-corrected chi connectivity index (χ4v) is 2.48. The molecule has 1 aromatic heterocycles. The van der Waals surface area contributed by atoms with Crippen molar-refractivity contribution in [3.63, 3.8) is 0 Å². The highest BCUT2D eigenvalue weighted by Crippen LogP contribution is 2.24. The lowest BCUT2D eigenvalue weighted by molar-refractivity contribution is 0.199. The van der Waals surface area contributed by atoms with E-state index in [2.05, 4.69) is 17.4 Å². The Balaban J connectivity index is 1.59. The van der Waals surface area contributed by atoms with Gasteiger partial charge in [-0.2, -0.15) is 0 Å². The number of aliphatic hydroxyl groups excluding tert-OH is 1. The monoisotopic (exact) mass is 307 g/mol. The first kappa shape index (κ1) is 15.5. The molecule has 0 radical (unpaired) electrons. The SMILES string of the molecule is C[C@H](O)c1ccc(-c2ccc(CNCc3ccccc3)o2)cc1. The van der Waals surface area contributed by atoms with Crippen molar-refractivity contribution in [2.75, 3.05) is 0 Å². The molecule has 118 valence electrons. The van der Waals surface area contributed by atoms with Crippen molar-refractivity contribution in [1.82, 2.24) is 5.32 Å². The molecule has 3 aromatic rings. The number of aliphatic hydroxyl groups is 1. The van der Waals surface area contributed by atoms with Crippen molar-refractivity contribution >= 4 is 0 Å². The van der Waals surface area contributed by atoms with Gasteiger partial charge in [-0.3, -0.25) is 0 Å². The van der Waals surface area contributed by atoms with Crippen LogP contribution in [-0.2, 0) is 13.1 Å². The second-order valence-corrected chi connectivity index (χ2v) is 5.65. The van der Waals surface area contributed by atoms with Gasteiger partial charge in [0.05, 0.1) is 12.6 Å². The van der Waals surface area contributed by atoms with Crippen LogP contribution in [-0.4, -0.2) is 5.11 Å². The summed E-state index contributed by atoms with van der Waals surface area (Å²) >= 11 is 0. The summed E-state index contributed by atoms with van der Waals surface area (Å²) in [5.41, 5.74) is 3.18. The van der Waals surface area contributed by atoms with Crippen molar-refractivity contribution in [2.24, 2.45) is 0 Å². The summed E-state index contributed by atoms with van der Waals surface area (Å²) in [6.45, 7) is 3.28. The van der Waals surface area contributed by atoms with Crippen LogP contribution in [0.3, 0.4) is 0 Å². The minimum Gasteiger partial charge on any atom is -0.460 e. The van der Waals surface area contributed by atoms with Crippen molar-refractivity contribution in [2.45, 2.75) is 26.1 Å². The molecule has 0 saturated heterocycles. The highest BCUT2D eigenvalue weighted by atomic mass is 16.3. The van der Waals surface area contributed by atoms with E-state index in [4.69, 9.17) is 4.42 Å². The van der Waals surface area contributed by atoms with Gasteiger partial charge >= 0.3 is 0 Å². The summed E-state index contributed by atoms with van der Waals surface area (Å²) in [5.74, 6) is 1.76. The van der Waals surface area contributed by atoms with Crippen LogP contribution in [0.5, 0.6) is 0 Å². The number of benzene rings is 2. The maximum atomic E-state index is 9.55. The Labute approximate surface area is 136 Å². The third-order valence-corrected chi connectivity index (χ3v) is 3.81. The van der Waals surface area contributed by atoms with E-state index in [1.165, 1.54) is 5.56 Å². The molecule has 3 rings (SSSR count). The molecule has 23 heavy (non-hydrogen) atoms. The average molecular weight is 307 g/mol. The number of furan rings is 1. The summed E-state index contributed by atoms with van der Waals surface area (Å²) in [6, 6.07) is 22.1. The fourth-order valence-electron chi connectivity index (χ4n) is 2.48. The third-order valence-electron chi connectivity index (χ3n) is 3.81. The first-order chi connectivity index (χ1) is 11.2. The van der Waals surface area contributed by atoms with E-state index in [-0.39, 0.29) is 0 Å². The lowest BCUT2D eigenvalue weighted by Crippen LogP contribution is -2.11. The van der Waals surface area contributed by atoms with Crippen LogP contribution in [0.25, 0.3) is 11.3 Å². The molecule has 0 amide bonds. The molecule has 0 bridgehead atoms. The predicted octanol–water partition coefficient (Wildman–Crippen LogP) is 4.29. The zero-order valence-electron chi connectivity index (χ0n) is 13.2. The molecule has 0 saturated carbocycles. The molecule has 2 aromatic carbocycles. The molecule has 0 aliphatic heterocycles. The van der Waals surface area contributed by atoms with Gasteiger partial charge in [-0.15, -0.1) is 0 Å². The first-order valence-corrected chi connectivity index (χ1v) is 7.84. The van der Waals surface area contributed by atoms with Crippen molar-refractivity contribution < 1.29 is 9.52 Å². The fraction of sp³-hybridized carbons (Fsp3) is 0.200. The number of hydrogen-bond acceptors (Lipinski definition) is 3. The number of nitrogens with one attached hydrogen (secondary N) is 1. The van der Waals surface area contributed by atoms with Crippen LogP contribution < -0.4 is 5.32 Å². The lowest BCUT2D eigenvalue weighted by Gasteiger charge is -2.05.